The molecule has 0 aromatic carbocycles. The van der Waals surface area contributed by atoms with Crippen LogP contribution in [0, 0.1) is 0 Å². The lowest BCUT2D eigenvalue weighted by molar-refractivity contribution is -0.137. The summed E-state index contributed by atoms with van der Waals surface area (Å²) in [6.45, 7) is 9.77. The Morgan fingerprint density at radius 2 is 0.875 bits per heavy atom. The minimum absolute atomic E-state index is 0.0841. The monoisotopic (exact) mass is 571 g/mol. The smallest absolute Gasteiger partial charge is 0.248 e. The second-order valence-electron chi connectivity index (χ2n) is 11.5. The van der Waals surface area contributed by atoms with Crippen LogP contribution in [-0.4, -0.2) is 70.1 Å². The third-order valence-corrected chi connectivity index (χ3v) is 7.60. The van der Waals surface area contributed by atoms with E-state index in [4.69, 9.17) is 19.9 Å². The zero-order valence-corrected chi connectivity index (χ0v) is 27.1. The standard InChI is InChI=1S/C34H70N2O4/c1-3-5-7-9-11-13-14-15-16-18-20-22-26-36(34(37)33-40-32-31-39-30-25-35)27-24-29-38-28-23-21-19-17-12-10-8-6-4-2/h3-33,35H2,1-2H3. The molecule has 0 aliphatic rings. The van der Waals surface area contributed by atoms with Gasteiger partial charge in [-0.15, -0.1) is 0 Å². The highest BCUT2D eigenvalue weighted by Gasteiger charge is 2.13. The van der Waals surface area contributed by atoms with E-state index in [-0.39, 0.29) is 12.5 Å². The lowest BCUT2D eigenvalue weighted by Gasteiger charge is -2.23. The first-order chi connectivity index (χ1) is 19.8. The van der Waals surface area contributed by atoms with Gasteiger partial charge in [-0.3, -0.25) is 4.79 Å². The fraction of sp³-hybridized carbons (Fsp3) is 0.971. The largest absolute Gasteiger partial charge is 0.381 e. The molecule has 6 nitrogen and oxygen atoms in total. The zero-order valence-electron chi connectivity index (χ0n) is 27.1. The summed E-state index contributed by atoms with van der Waals surface area (Å²) in [5, 5.41) is 0. The van der Waals surface area contributed by atoms with Gasteiger partial charge in [-0.2, -0.15) is 0 Å². The van der Waals surface area contributed by atoms with Crippen LogP contribution in [0.25, 0.3) is 0 Å². The molecule has 0 aromatic heterocycles. The fourth-order valence-corrected chi connectivity index (χ4v) is 5.03. The van der Waals surface area contributed by atoms with Crippen LogP contribution in [0.5, 0.6) is 0 Å². The van der Waals surface area contributed by atoms with E-state index in [0.717, 1.165) is 45.6 Å². The molecule has 2 N–H and O–H groups in total. The van der Waals surface area contributed by atoms with E-state index in [1.54, 1.807) is 0 Å². The number of unbranched alkanes of at least 4 members (excludes halogenated alkanes) is 19. The van der Waals surface area contributed by atoms with E-state index in [1.165, 1.54) is 122 Å². The maximum Gasteiger partial charge on any atom is 0.248 e. The van der Waals surface area contributed by atoms with Gasteiger partial charge >= 0.3 is 0 Å². The SMILES string of the molecule is CCCCCCCCCCCCCCN(CCCOCCCCCCCCCCC)C(=O)COCCOCCN. The first-order valence-corrected chi connectivity index (χ1v) is 17.5. The second-order valence-corrected chi connectivity index (χ2v) is 11.5. The molecular formula is C34H70N2O4. The van der Waals surface area contributed by atoms with Crippen molar-refractivity contribution < 1.29 is 19.0 Å². The van der Waals surface area contributed by atoms with Crippen molar-refractivity contribution in [3.63, 3.8) is 0 Å². The van der Waals surface area contributed by atoms with Gasteiger partial charge in [-0.05, 0) is 19.3 Å². The predicted molar refractivity (Wildman–Crippen MR) is 171 cm³/mol. The third-order valence-electron chi connectivity index (χ3n) is 7.60. The molecule has 0 fully saturated rings. The van der Waals surface area contributed by atoms with Crippen molar-refractivity contribution in [3.05, 3.63) is 0 Å². The minimum Gasteiger partial charge on any atom is -0.381 e. The first-order valence-electron chi connectivity index (χ1n) is 17.5. The number of ether oxygens (including phenoxy) is 3. The van der Waals surface area contributed by atoms with E-state index in [0.29, 0.717) is 26.4 Å². The van der Waals surface area contributed by atoms with E-state index in [9.17, 15) is 4.79 Å². The van der Waals surface area contributed by atoms with Crippen LogP contribution in [0.2, 0.25) is 0 Å². The number of amides is 1. The maximum absolute atomic E-state index is 12.8. The summed E-state index contributed by atoms with van der Waals surface area (Å²) in [6.07, 6.45) is 28.8. The Labute approximate surface area is 249 Å². The maximum atomic E-state index is 12.8. The number of carbonyl (C=O) groups excluding carboxylic acids is 1. The quantitative estimate of drug-likeness (QED) is 0.0786. The summed E-state index contributed by atoms with van der Waals surface area (Å²) in [6, 6.07) is 0. The number of hydrogen-bond donors (Lipinski definition) is 1. The second kappa shape index (κ2) is 34.5. The minimum atomic E-state index is 0.0841. The van der Waals surface area contributed by atoms with E-state index >= 15 is 0 Å². The molecule has 0 unspecified atom stereocenters. The fourth-order valence-electron chi connectivity index (χ4n) is 5.03. The average molecular weight is 571 g/mol. The van der Waals surface area contributed by atoms with Crippen molar-refractivity contribution in [1.29, 1.82) is 0 Å². The van der Waals surface area contributed by atoms with E-state index < -0.39 is 0 Å². The molecule has 0 heterocycles. The molecule has 0 radical (unpaired) electrons. The molecule has 0 bridgehead atoms. The number of rotatable bonds is 34. The predicted octanol–water partition coefficient (Wildman–Crippen LogP) is 8.45. The summed E-state index contributed by atoms with van der Waals surface area (Å²) >= 11 is 0. The van der Waals surface area contributed by atoms with Gasteiger partial charge in [0.05, 0.1) is 19.8 Å². The zero-order chi connectivity index (χ0) is 29.2. The number of nitrogens with two attached hydrogens (primary N) is 1. The van der Waals surface area contributed by atoms with Crippen molar-refractivity contribution in [1.82, 2.24) is 4.90 Å². The van der Waals surface area contributed by atoms with Crippen LogP contribution < -0.4 is 5.73 Å². The van der Waals surface area contributed by atoms with Gasteiger partial charge in [0.1, 0.15) is 6.61 Å². The molecule has 0 atom stereocenters. The molecule has 0 saturated carbocycles. The van der Waals surface area contributed by atoms with E-state index in [1.807, 2.05) is 4.90 Å². The summed E-state index contributed by atoms with van der Waals surface area (Å²) < 4.78 is 16.8. The van der Waals surface area contributed by atoms with Crippen LogP contribution in [0.3, 0.4) is 0 Å². The molecule has 0 spiro atoms. The molecule has 0 aliphatic carbocycles. The lowest BCUT2D eigenvalue weighted by atomic mass is 10.1. The molecular weight excluding hydrogens is 500 g/mol. The highest BCUT2D eigenvalue weighted by atomic mass is 16.5. The number of nitrogens with zero attached hydrogens (tertiary/aromatic N) is 1. The Hall–Kier alpha value is -0.690. The normalized spacial score (nSPS) is 11.4. The van der Waals surface area contributed by atoms with Crippen molar-refractivity contribution in [2.75, 3.05) is 59.3 Å². The summed E-state index contributed by atoms with van der Waals surface area (Å²) in [5.41, 5.74) is 5.44. The number of carbonyl (C=O) groups is 1. The molecule has 6 heteroatoms. The van der Waals surface area contributed by atoms with Gasteiger partial charge in [-0.1, -0.05) is 136 Å². The number of hydrogen-bond acceptors (Lipinski definition) is 5. The van der Waals surface area contributed by atoms with Crippen LogP contribution in [0.4, 0.5) is 0 Å². The van der Waals surface area contributed by atoms with Crippen molar-refractivity contribution in [2.45, 2.75) is 155 Å². The topological polar surface area (TPSA) is 74.0 Å². The Morgan fingerprint density at radius 1 is 0.475 bits per heavy atom. The van der Waals surface area contributed by atoms with Gasteiger partial charge in [0.15, 0.2) is 0 Å². The lowest BCUT2D eigenvalue weighted by Crippen LogP contribution is -2.36. The summed E-state index contributed by atoms with van der Waals surface area (Å²) in [5.74, 6) is 0.0841. The van der Waals surface area contributed by atoms with Crippen LogP contribution >= 0.6 is 0 Å². The average Bonchev–Trinajstić information content (AvgIpc) is 2.96. The Morgan fingerprint density at radius 3 is 1.40 bits per heavy atom. The van der Waals surface area contributed by atoms with Gasteiger partial charge in [0, 0.05) is 32.8 Å². The van der Waals surface area contributed by atoms with Gasteiger partial charge in [-0.25, -0.2) is 0 Å². The van der Waals surface area contributed by atoms with Gasteiger partial charge in [0.2, 0.25) is 5.91 Å². The Bertz CT molecular complexity index is 493. The van der Waals surface area contributed by atoms with Crippen molar-refractivity contribution in [2.24, 2.45) is 5.73 Å². The Kier molecular flexibility index (Phi) is 33.9. The highest BCUT2D eigenvalue weighted by molar-refractivity contribution is 5.77. The highest BCUT2D eigenvalue weighted by Crippen LogP contribution is 2.13. The summed E-state index contributed by atoms with van der Waals surface area (Å²) in [7, 11) is 0. The molecule has 0 rings (SSSR count). The molecule has 0 saturated heterocycles. The molecule has 0 aliphatic heterocycles. The van der Waals surface area contributed by atoms with Gasteiger partial charge in [0.25, 0.3) is 0 Å². The van der Waals surface area contributed by atoms with Crippen LogP contribution in [-0.2, 0) is 19.0 Å². The molecule has 240 valence electrons. The molecule has 1 amide bonds. The third kappa shape index (κ3) is 30.3. The van der Waals surface area contributed by atoms with Crippen molar-refractivity contribution >= 4 is 5.91 Å². The van der Waals surface area contributed by atoms with Crippen LogP contribution in [0.15, 0.2) is 0 Å². The molecule has 40 heavy (non-hydrogen) atoms. The van der Waals surface area contributed by atoms with Crippen molar-refractivity contribution in [3.8, 4) is 0 Å². The van der Waals surface area contributed by atoms with E-state index in [2.05, 4.69) is 13.8 Å². The van der Waals surface area contributed by atoms with Crippen LogP contribution in [0.1, 0.15) is 155 Å². The Balaban J connectivity index is 3.97. The first kappa shape index (κ1) is 39.3. The molecule has 0 aromatic rings. The summed E-state index contributed by atoms with van der Waals surface area (Å²) in [4.78, 5) is 14.8. The van der Waals surface area contributed by atoms with Gasteiger partial charge < -0.3 is 24.8 Å².